The van der Waals surface area contributed by atoms with E-state index in [1.165, 1.54) is 5.57 Å². The molecule has 2 aliphatic rings. The van der Waals surface area contributed by atoms with Gasteiger partial charge in [0.1, 0.15) is 6.07 Å². The largest absolute Gasteiger partial charge is 0.315 e. The van der Waals surface area contributed by atoms with Crippen molar-refractivity contribution in [2.75, 3.05) is 13.1 Å². The molecule has 0 saturated carbocycles. The zero-order valence-corrected chi connectivity index (χ0v) is 9.20. The normalized spacial score (nSPS) is 26.6. The summed E-state index contributed by atoms with van der Waals surface area (Å²) in [6, 6.07) is 4.15. The molecule has 2 atom stereocenters. The monoisotopic (exact) mass is 211 g/mol. The van der Waals surface area contributed by atoms with Crippen LogP contribution in [0.3, 0.4) is 0 Å². The number of hydrogen-bond donors (Lipinski definition) is 1. The van der Waals surface area contributed by atoms with E-state index in [2.05, 4.69) is 22.4 Å². The zero-order chi connectivity index (χ0) is 11.1. The Morgan fingerprint density at radius 1 is 1.50 bits per heavy atom. The van der Waals surface area contributed by atoms with Crippen LogP contribution in [0.1, 0.15) is 16.8 Å². The predicted octanol–water partition coefficient (Wildman–Crippen LogP) is 1.49. The third-order valence-electron chi connectivity index (χ3n) is 3.59. The van der Waals surface area contributed by atoms with E-state index in [1.54, 1.807) is 0 Å². The molecule has 1 aliphatic heterocycles. The van der Waals surface area contributed by atoms with Crippen LogP contribution in [0.4, 0.5) is 0 Å². The van der Waals surface area contributed by atoms with Gasteiger partial charge in [0, 0.05) is 25.2 Å². The molecule has 2 heterocycles. The van der Waals surface area contributed by atoms with Gasteiger partial charge in [0.05, 0.1) is 11.3 Å². The van der Waals surface area contributed by atoms with Gasteiger partial charge in [0.25, 0.3) is 0 Å². The molecule has 1 aliphatic carbocycles. The van der Waals surface area contributed by atoms with E-state index in [4.69, 9.17) is 5.26 Å². The third kappa shape index (κ3) is 1.27. The fourth-order valence-electron chi connectivity index (χ4n) is 2.56. The minimum absolute atomic E-state index is 0.635. The first kappa shape index (κ1) is 9.56. The molecule has 1 N–H and O–H groups in total. The van der Waals surface area contributed by atoms with Crippen LogP contribution < -0.4 is 5.32 Å². The molecular formula is C13H13N3. The Labute approximate surface area is 94.8 Å². The number of aryl methyl sites for hydroxylation is 1. The van der Waals surface area contributed by atoms with Crippen molar-refractivity contribution in [1.29, 1.82) is 5.26 Å². The average molecular weight is 211 g/mol. The number of nitrogens with one attached hydrogen (secondary N) is 1. The van der Waals surface area contributed by atoms with E-state index in [9.17, 15) is 0 Å². The molecule has 1 aromatic heterocycles. The first-order valence-electron chi connectivity index (χ1n) is 5.59. The molecule has 1 aromatic rings. The first-order chi connectivity index (χ1) is 7.79. The maximum atomic E-state index is 8.98. The summed E-state index contributed by atoms with van der Waals surface area (Å²) in [7, 11) is 0. The maximum Gasteiger partial charge on any atom is 0.101 e. The molecule has 3 nitrogen and oxygen atoms in total. The fourth-order valence-corrected chi connectivity index (χ4v) is 2.56. The molecule has 16 heavy (non-hydrogen) atoms. The molecule has 0 aromatic carbocycles. The Kier molecular flexibility index (Phi) is 2.05. The summed E-state index contributed by atoms with van der Waals surface area (Å²) in [5.74, 6) is 1.33. The van der Waals surface area contributed by atoms with Gasteiger partial charge in [-0.1, -0.05) is 6.08 Å². The average Bonchev–Trinajstić information content (AvgIpc) is 2.63. The highest BCUT2D eigenvalue weighted by Gasteiger charge is 2.36. The van der Waals surface area contributed by atoms with Crippen LogP contribution in [0.25, 0.3) is 5.57 Å². The summed E-state index contributed by atoms with van der Waals surface area (Å²) >= 11 is 0. The Bertz CT molecular complexity index is 510. The van der Waals surface area contributed by atoms with Gasteiger partial charge in [-0.25, -0.2) is 0 Å². The van der Waals surface area contributed by atoms with Gasteiger partial charge in [-0.2, -0.15) is 5.26 Å². The second-order valence-electron chi connectivity index (χ2n) is 4.52. The lowest BCUT2D eigenvalue weighted by molar-refractivity contribution is 0.564. The summed E-state index contributed by atoms with van der Waals surface area (Å²) in [5.41, 5.74) is 3.98. The molecule has 1 saturated heterocycles. The summed E-state index contributed by atoms with van der Waals surface area (Å²) in [4.78, 5) is 4.28. The van der Waals surface area contributed by atoms with Crippen LogP contribution in [0, 0.1) is 30.1 Å². The van der Waals surface area contributed by atoms with Crippen molar-refractivity contribution in [1.82, 2.24) is 10.3 Å². The summed E-state index contributed by atoms with van der Waals surface area (Å²) in [6.45, 7) is 4.03. The Balaban J connectivity index is 1.97. The molecule has 0 unspecified atom stereocenters. The van der Waals surface area contributed by atoms with E-state index in [0.717, 1.165) is 24.3 Å². The van der Waals surface area contributed by atoms with Gasteiger partial charge < -0.3 is 5.32 Å². The highest BCUT2D eigenvalue weighted by Crippen LogP contribution is 2.42. The Morgan fingerprint density at radius 3 is 3.12 bits per heavy atom. The predicted molar refractivity (Wildman–Crippen MR) is 61.5 cm³/mol. The quantitative estimate of drug-likeness (QED) is 0.765. The van der Waals surface area contributed by atoms with Crippen molar-refractivity contribution in [3.05, 3.63) is 35.2 Å². The van der Waals surface area contributed by atoms with Crippen LogP contribution in [0.5, 0.6) is 0 Å². The highest BCUT2D eigenvalue weighted by molar-refractivity contribution is 5.74. The lowest BCUT2D eigenvalue weighted by Crippen LogP contribution is -2.22. The van der Waals surface area contributed by atoms with Crippen molar-refractivity contribution in [2.45, 2.75) is 6.92 Å². The molecular weight excluding hydrogens is 198 g/mol. The van der Waals surface area contributed by atoms with Crippen molar-refractivity contribution in [3.8, 4) is 6.07 Å². The van der Waals surface area contributed by atoms with Crippen LogP contribution in [0.2, 0.25) is 0 Å². The number of rotatable bonds is 1. The Hall–Kier alpha value is -1.66. The fraction of sp³-hybridized carbons (Fsp3) is 0.385. The number of nitrogens with zero attached hydrogens (tertiary/aromatic N) is 2. The van der Waals surface area contributed by atoms with Crippen molar-refractivity contribution < 1.29 is 0 Å². The van der Waals surface area contributed by atoms with Gasteiger partial charge in [-0.05, 0) is 30.0 Å². The standard InChI is InChI=1S/C13H13N3/c1-8-9(4-14)2-10(6-16-8)12-3-11-5-15-7-13(11)12/h2-3,6,11,13,15H,5,7H2,1H3/t11-,13+/m1/s1. The number of aromatic nitrogens is 1. The van der Waals surface area contributed by atoms with Crippen molar-refractivity contribution in [3.63, 3.8) is 0 Å². The molecule has 3 heteroatoms. The van der Waals surface area contributed by atoms with Gasteiger partial charge in [0.15, 0.2) is 0 Å². The maximum absolute atomic E-state index is 8.98. The van der Waals surface area contributed by atoms with E-state index in [0.29, 0.717) is 17.4 Å². The summed E-state index contributed by atoms with van der Waals surface area (Å²) in [6.07, 6.45) is 4.19. The Morgan fingerprint density at radius 2 is 2.38 bits per heavy atom. The molecule has 0 radical (unpaired) electrons. The highest BCUT2D eigenvalue weighted by atomic mass is 14.9. The van der Waals surface area contributed by atoms with Gasteiger partial charge in [-0.3, -0.25) is 4.98 Å². The van der Waals surface area contributed by atoms with Crippen LogP contribution in [-0.4, -0.2) is 18.1 Å². The van der Waals surface area contributed by atoms with E-state index in [-0.39, 0.29) is 0 Å². The van der Waals surface area contributed by atoms with Crippen LogP contribution >= 0.6 is 0 Å². The minimum Gasteiger partial charge on any atom is -0.315 e. The molecule has 0 amide bonds. The van der Waals surface area contributed by atoms with E-state index >= 15 is 0 Å². The topological polar surface area (TPSA) is 48.7 Å². The van der Waals surface area contributed by atoms with Crippen molar-refractivity contribution in [2.24, 2.45) is 11.8 Å². The van der Waals surface area contributed by atoms with Crippen LogP contribution in [-0.2, 0) is 0 Å². The second kappa shape index (κ2) is 3.43. The zero-order valence-electron chi connectivity index (χ0n) is 9.20. The van der Waals surface area contributed by atoms with Gasteiger partial charge >= 0.3 is 0 Å². The minimum atomic E-state index is 0.635. The van der Waals surface area contributed by atoms with Crippen LogP contribution in [0.15, 0.2) is 18.3 Å². The molecule has 3 rings (SSSR count). The first-order valence-corrected chi connectivity index (χ1v) is 5.59. The van der Waals surface area contributed by atoms with Gasteiger partial charge in [0.2, 0.25) is 0 Å². The molecule has 0 spiro atoms. The number of hydrogen-bond acceptors (Lipinski definition) is 3. The van der Waals surface area contributed by atoms with E-state index < -0.39 is 0 Å². The number of fused-ring (bicyclic) bond motifs is 1. The third-order valence-corrected chi connectivity index (χ3v) is 3.59. The number of pyridine rings is 1. The lowest BCUT2D eigenvalue weighted by atomic mass is 9.74. The van der Waals surface area contributed by atoms with Gasteiger partial charge in [-0.15, -0.1) is 0 Å². The summed E-state index contributed by atoms with van der Waals surface area (Å²) < 4.78 is 0. The lowest BCUT2D eigenvalue weighted by Gasteiger charge is -2.29. The molecule has 80 valence electrons. The molecule has 0 bridgehead atoms. The smallest absolute Gasteiger partial charge is 0.101 e. The second-order valence-corrected chi connectivity index (χ2v) is 4.52. The van der Waals surface area contributed by atoms with E-state index in [1.807, 2.05) is 19.2 Å². The summed E-state index contributed by atoms with van der Waals surface area (Å²) in [5, 5.41) is 12.4. The van der Waals surface area contributed by atoms with Crippen molar-refractivity contribution >= 4 is 5.57 Å². The number of nitriles is 1. The SMILES string of the molecule is Cc1ncc(C2=C[C@@H]3CNC[C@H]23)cc1C#N. The molecule has 1 fully saturated rings.